The van der Waals surface area contributed by atoms with Gasteiger partial charge >= 0.3 is 6.18 Å². The van der Waals surface area contributed by atoms with E-state index in [1.807, 2.05) is 29.9 Å². The van der Waals surface area contributed by atoms with Crippen LogP contribution >= 0.6 is 0 Å². The largest absolute Gasteiger partial charge is 0.418 e. The highest BCUT2D eigenvalue weighted by molar-refractivity contribution is 5.64. The fourth-order valence-electron chi connectivity index (χ4n) is 7.71. The van der Waals surface area contributed by atoms with Crippen molar-refractivity contribution >= 4 is 5.69 Å². The summed E-state index contributed by atoms with van der Waals surface area (Å²) in [6.07, 6.45) is 8.45. The van der Waals surface area contributed by atoms with Gasteiger partial charge in [-0.2, -0.15) is 13.2 Å². The average molecular weight is 604 g/mol. The Morgan fingerprint density at radius 3 is 2.39 bits per heavy atom. The van der Waals surface area contributed by atoms with Crippen LogP contribution in [-0.4, -0.2) is 68.9 Å². The Labute approximate surface area is 257 Å². The van der Waals surface area contributed by atoms with Crippen LogP contribution in [0.25, 0.3) is 0 Å². The first-order valence-corrected chi connectivity index (χ1v) is 15.6. The molecule has 5 heterocycles. The van der Waals surface area contributed by atoms with Crippen molar-refractivity contribution in [1.82, 2.24) is 29.5 Å². The van der Waals surface area contributed by atoms with Gasteiger partial charge in [0.25, 0.3) is 0 Å². The smallest absolute Gasteiger partial charge is 0.378 e. The Hall–Kier alpha value is -3.79. The first kappa shape index (κ1) is 29.0. The van der Waals surface area contributed by atoms with Crippen LogP contribution in [0.1, 0.15) is 55.8 Å². The van der Waals surface area contributed by atoms with Crippen molar-refractivity contribution in [3.63, 3.8) is 0 Å². The van der Waals surface area contributed by atoms with E-state index in [0.29, 0.717) is 23.9 Å². The van der Waals surface area contributed by atoms with Crippen LogP contribution in [0, 0.1) is 11.3 Å². The summed E-state index contributed by atoms with van der Waals surface area (Å²) in [6, 6.07) is 8.05. The Bertz CT molecular complexity index is 1570. The molecule has 0 radical (unpaired) electrons. The number of rotatable bonds is 6. The molecule has 5 aliphatic rings. The van der Waals surface area contributed by atoms with Gasteiger partial charge in [0.1, 0.15) is 18.0 Å². The SMILES string of the molecule is C=C1N2C=C(CN3CCC4(CC3)CCN(C)C4=C)C=C(C(F)(F)F)C2=CN1c1cccc(C(c2nncn2C)C2CCC2)c1. The maximum atomic E-state index is 14.5. The second kappa shape index (κ2) is 10.7. The topological polar surface area (TPSA) is 43.7 Å². The molecule has 1 aliphatic carbocycles. The standard InChI is InChI=1S/C34H40F3N7/c1-23-33(11-14-40(23)3)12-15-42(16-13-33)19-25-17-29(34(35,36)37)30-21-43(24(2)44(30)20-25)28-10-6-9-27(18-28)31(26-7-5-8-26)32-39-38-22-41(32)4/h6,9-10,17-18,20-22,26,31H,1-2,5,7-8,11-16,19H2,3-4H3. The minimum absolute atomic E-state index is 0.0740. The number of allylic oxidation sites excluding steroid dienone is 2. The minimum Gasteiger partial charge on any atom is -0.378 e. The number of hydrogen-bond donors (Lipinski definition) is 0. The Balaban J connectivity index is 1.14. The lowest BCUT2D eigenvalue weighted by Crippen LogP contribution is -2.41. The maximum absolute atomic E-state index is 14.5. The van der Waals surface area contributed by atoms with Crippen molar-refractivity contribution in [2.24, 2.45) is 18.4 Å². The number of alkyl halides is 3. The highest BCUT2D eigenvalue weighted by Gasteiger charge is 2.45. The van der Waals surface area contributed by atoms with Gasteiger partial charge in [-0.25, -0.2) is 0 Å². The number of nitrogens with zero attached hydrogens (tertiary/aromatic N) is 7. The summed E-state index contributed by atoms with van der Waals surface area (Å²) in [5, 5.41) is 8.55. The molecular weight excluding hydrogens is 563 g/mol. The highest BCUT2D eigenvalue weighted by atomic mass is 19.4. The van der Waals surface area contributed by atoms with Crippen molar-refractivity contribution in [3.05, 3.63) is 102 Å². The zero-order valence-corrected chi connectivity index (χ0v) is 25.5. The van der Waals surface area contributed by atoms with Gasteiger partial charge in [0, 0.05) is 62.3 Å². The summed E-state index contributed by atoms with van der Waals surface area (Å²) in [5.74, 6) is 1.92. The van der Waals surface area contributed by atoms with Gasteiger partial charge in [0.2, 0.25) is 0 Å². The number of aromatic nitrogens is 3. The molecule has 1 saturated carbocycles. The number of aryl methyl sites for hydroxylation is 1. The Morgan fingerprint density at radius 1 is 1.02 bits per heavy atom. The molecule has 0 amide bonds. The van der Waals surface area contributed by atoms with Crippen molar-refractivity contribution in [2.75, 3.05) is 38.1 Å². The lowest BCUT2D eigenvalue weighted by atomic mass is 9.72. The fourth-order valence-corrected chi connectivity index (χ4v) is 7.71. The average Bonchev–Trinajstić information content (AvgIpc) is 3.63. The van der Waals surface area contributed by atoms with E-state index in [2.05, 4.69) is 52.3 Å². The van der Waals surface area contributed by atoms with Gasteiger partial charge < -0.3 is 19.3 Å². The number of fused-ring (bicyclic) bond motifs is 1. The zero-order chi connectivity index (χ0) is 30.8. The van der Waals surface area contributed by atoms with E-state index in [-0.39, 0.29) is 17.0 Å². The van der Waals surface area contributed by atoms with E-state index in [9.17, 15) is 13.2 Å². The highest BCUT2D eigenvalue weighted by Crippen LogP contribution is 2.48. The predicted octanol–water partition coefficient (Wildman–Crippen LogP) is 6.50. The van der Waals surface area contributed by atoms with Crippen LogP contribution in [0.4, 0.5) is 18.9 Å². The van der Waals surface area contributed by atoms with Crippen molar-refractivity contribution in [3.8, 4) is 0 Å². The van der Waals surface area contributed by atoms with Gasteiger partial charge in [0.15, 0.2) is 0 Å². The van der Waals surface area contributed by atoms with E-state index in [1.165, 1.54) is 18.2 Å². The van der Waals surface area contributed by atoms with Crippen LogP contribution in [-0.2, 0) is 7.05 Å². The number of halogens is 3. The molecule has 7 nitrogen and oxygen atoms in total. The second-order valence-electron chi connectivity index (χ2n) is 13.2. The Kier molecular flexibility index (Phi) is 7.03. The van der Waals surface area contributed by atoms with Gasteiger partial charge in [-0.05, 0) is 80.5 Å². The third-order valence-corrected chi connectivity index (χ3v) is 10.6. The molecule has 232 valence electrons. The molecule has 0 bridgehead atoms. The fraction of sp³-hybridized carbons (Fsp3) is 0.471. The molecule has 10 heteroatoms. The molecule has 1 aromatic carbocycles. The monoisotopic (exact) mass is 603 g/mol. The first-order valence-electron chi connectivity index (χ1n) is 15.6. The van der Waals surface area contributed by atoms with Gasteiger partial charge in [-0.3, -0.25) is 4.90 Å². The first-order chi connectivity index (χ1) is 21.0. The third-order valence-electron chi connectivity index (χ3n) is 10.6. The molecule has 1 unspecified atom stereocenters. The third kappa shape index (κ3) is 4.87. The van der Waals surface area contributed by atoms with Gasteiger partial charge in [-0.1, -0.05) is 31.7 Å². The van der Waals surface area contributed by atoms with E-state index in [4.69, 9.17) is 0 Å². The molecule has 1 aromatic heterocycles. The molecule has 1 spiro atoms. The summed E-state index contributed by atoms with van der Waals surface area (Å²) in [4.78, 5) is 7.90. The van der Waals surface area contributed by atoms with Gasteiger partial charge in [0.05, 0.1) is 11.3 Å². The van der Waals surface area contributed by atoms with E-state index in [1.54, 1.807) is 22.3 Å². The summed E-state index contributed by atoms with van der Waals surface area (Å²) >= 11 is 0. The minimum atomic E-state index is -4.50. The number of anilines is 1. The Morgan fingerprint density at radius 2 is 1.77 bits per heavy atom. The lowest BCUT2D eigenvalue weighted by Gasteiger charge is -2.40. The zero-order valence-electron chi connectivity index (χ0n) is 25.5. The maximum Gasteiger partial charge on any atom is 0.418 e. The normalized spacial score (nSPS) is 23.1. The van der Waals surface area contributed by atoms with Crippen molar-refractivity contribution < 1.29 is 13.2 Å². The van der Waals surface area contributed by atoms with Crippen LogP contribution in [0.2, 0.25) is 0 Å². The van der Waals surface area contributed by atoms with Crippen LogP contribution < -0.4 is 4.90 Å². The van der Waals surface area contributed by atoms with E-state index in [0.717, 1.165) is 68.8 Å². The van der Waals surface area contributed by atoms with Crippen LogP contribution in [0.15, 0.2) is 90.6 Å². The molecule has 7 rings (SSSR count). The molecule has 2 aromatic rings. The van der Waals surface area contributed by atoms with Crippen molar-refractivity contribution in [2.45, 2.75) is 50.6 Å². The molecular formula is C34H40F3N7. The summed E-state index contributed by atoms with van der Waals surface area (Å²) in [6.45, 7) is 11.8. The van der Waals surface area contributed by atoms with Crippen LogP contribution in [0.3, 0.4) is 0 Å². The predicted molar refractivity (Wildman–Crippen MR) is 165 cm³/mol. The summed E-state index contributed by atoms with van der Waals surface area (Å²) in [7, 11) is 4.05. The number of benzene rings is 1. The molecule has 2 saturated heterocycles. The molecule has 4 aliphatic heterocycles. The molecule has 1 atom stereocenters. The van der Waals surface area contributed by atoms with Gasteiger partial charge in [-0.15, -0.1) is 10.2 Å². The lowest BCUT2D eigenvalue weighted by molar-refractivity contribution is -0.0909. The van der Waals surface area contributed by atoms with E-state index >= 15 is 0 Å². The summed E-state index contributed by atoms with van der Waals surface area (Å²) in [5.41, 5.74) is 3.30. The summed E-state index contributed by atoms with van der Waals surface area (Å²) < 4.78 is 45.5. The number of piperidine rings is 1. The van der Waals surface area contributed by atoms with E-state index < -0.39 is 11.7 Å². The second-order valence-corrected chi connectivity index (χ2v) is 13.2. The molecule has 44 heavy (non-hydrogen) atoms. The quantitative estimate of drug-likeness (QED) is 0.376. The van der Waals surface area contributed by atoms with Crippen LogP contribution in [0.5, 0.6) is 0 Å². The van der Waals surface area contributed by atoms with Crippen molar-refractivity contribution in [1.29, 1.82) is 0 Å². The number of hydrogen-bond acceptors (Lipinski definition) is 6. The molecule has 0 N–H and O–H groups in total. The number of likely N-dealkylation sites (tertiary alicyclic amines) is 2. The molecule has 3 fully saturated rings.